The molecule has 0 N–H and O–H groups in total. The van der Waals surface area contributed by atoms with Crippen LogP contribution in [0.1, 0.15) is 49.7 Å². The molecule has 4 fully saturated rings. The molecule has 0 amide bonds. The van der Waals surface area contributed by atoms with E-state index in [1.165, 1.54) is 66.0 Å². The maximum atomic E-state index is 5.92. The van der Waals surface area contributed by atoms with E-state index in [1.807, 2.05) is 7.11 Å². The Kier molecular flexibility index (Phi) is 4.74. The van der Waals surface area contributed by atoms with Gasteiger partial charge in [-0.1, -0.05) is 35.5 Å². The van der Waals surface area contributed by atoms with E-state index in [0.717, 1.165) is 29.1 Å². The number of methoxy groups -OCH3 is 1. The highest BCUT2D eigenvalue weighted by atomic mass is 16.6. The van der Waals surface area contributed by atoms with Gasteiger partial charge in [0.25, 0.3) is 0 Å². The molecular formula is C29H31NO2. The van der Waals surface area contributed by atoms with Crippen LogP contribution in [0.2, 0.25) is 0 Å². The SMILES string of the molecule is CO/N=C/c1ccc2cc(-c3ccc(OC)c(C45CC6CC(CC(C6)C4)C5)c3)ccc2c1. The van der Waals surface area contributed by atoms with Crippen LogP contribution in [0.15, 0.2) is 59.8 Å². The van der Waals surface area contributed by atoms with Crippen LogP contribution in [-0.2, 0) is 10.3 Å². The Balaban J connectivity index is 1.39. The minimum absolute atomic E-state index is 0.322. The average Bonchev–Trinajstić information content (AvgIpc) is 2.81. The van der Waals surface area contributed by atoms with Gasteiger partial charge in [0.05, 0.1) is 13.3 Å². The summed E-state index contributed by atoms with van der Waals surface area (Å²) in [6, 6.07) is 20.0. The maximum absolute atomic E-state index is 5.92. The molecule has 3 aromatic carbocycles. The summed E-state index contributed by atoms with van der Waals surface area (Å²) in [6.45, 7) is 0. The van der Waals surface area contributed by atoms with Gasteiger partial charge in [0.15, 0.2) is 0 Å². The fourth-order valence-corrected chi connectivity index (χ4v) is 7.38. The molecule has 4 saturated carbocycles. The van der Waals surface area contributed by atoms with Gasteiger partial charge in [-0.25, -0.2) is 0 Å². The zero-order chi connectivity index (χ0) is 21.7. The molecule has 0 spiro atoms. The van der Waals surface area contributed by atoms with E-state index in [0.29, 0.717) is 5.41 Å². The van der Waals surface area contributed by atoms with Crippen molar-refractivity contribution in [2.24, 2.45) is 22.9 Å². The summed E-state index contributed by atoms with van der Waals surface area (Å²) in [6.07, 6.45) is 10.2. The van der Waals surface area contributed by atoms with Crippen molar-refractivity contribution in [3.05, 3.63) is 65.7 Å². The van der Waals surface area contributed by atoms with Gasteiger partial charge in [-0.05, 0) is 113 Å². The number of hydrogen-bond donors (Lipinski definition) is 0. The van der Waals surface area contributed by atoms with Crippen molar-refractivity contribution >= 4 is 17.0 Å². The van der Waals surface area contributed by atoms with E-state index < -0.39 is 0 Å². The lowest BCUT2D eigenvalue weighted by molar-refractivity contribution is -0.00613. The standard InChI is InChI=1S/C29H31NO2/c1-31-28-8-7-26(14-27(28)29-15-20-9-21(16-29)11-22(10-20)17-29)25-6-5-23-12-19(18-30-32-2)3-4-24(23)13-25/h3-8,12-14,18,20-22H,9-11,15-17H2,1-2H3/b30-18+. The number of oxime groups is 1. The first-order chi connectivity index (χ1) is 15.7. The van der Waals surface area contributed by atoms with Crippen LogP contribution in [0.5, 0.6) is 5.75 Å². The van der Waals surface area contributed by atoms with Gasteiger partial charge in [0.1, 0.15) is 12.9 Å². The summed E-state index contributed by atoms with van der Waals surface area (Å²) in [5.41, 5.74) is 5.39. The molecule has 4 aliphatic carbocycles. The fraction of sp³-hybridized carbons (Fsp3) is 0.414. The lowest BCUT2D eigenvalue weighted by Crippen LogP contribution is -2.48. The second-order valence-electron chi connectivity index (χ2n) is 10.4. The number of hydrogen-bond acceptors (Lipinski definition) is 3. The minimum atomic E-state index is 0.322. The van der Waals surface area contributed by atoms with E-state index in [4.69, 9.17) is 9.57 Å². The molecule has 3 aromatic rings. The van der Waals surface area contributed by atoms with Gasteiger partial charge in [-0.15, -0.1) is 0 Å². The first-order valence-corrected chi connectivity index (χ1v) is 11.9. The number of nitrogens with zero attached hydrogens (tertiary/aromatic N) is 1. The predicted molar refractivity (Wildman–Crippen MR) is 130 cm³/mol. The van der Waals surface area contributed by atoms with E-state index in [1.54, 1.807) is 13.3 Å². The molecule has 4 bridgehead atoms. The molecule has 4 aliphatic rings. The third-order valence-electron chi connectivity index (χ3n) is 8.31. The molecule has 3 heteroatoms. The molecule has 3 nitrogen and oxygen atoms in total. The van der Waals surface area contributed by atoms with Gasteiger partial charge in [0.2, 0.25) is 0 Å². The first-order valence-electron chi connectivity index (χ1n) is 11.9. The highest BCUT2D eigenvalue weighted by Crippen LogP contribution is 2.62. The van der Waals surface area contributed by atoms with Gasteiger partial charge >= 0.3 is 0 Å². The van der Waals surface area contributed by atoms with Crippen LogP contribution in [0.25, 0.3) is 21.9 Å². The second kappa shape index (κ2) is 7.65. The Morgan fingerprint density at radius 2 is 1.41 bits per heavy atom. The van der Waals surface area contributed by atoms with E-state index in [-0.39, 0.29) is 0 Å². The molecule has 0 atom stereocenters. The zero-order valence-electron chi connectivity index (χ0n) is 19.0. The van der Waals surface area contributed by atoms with Crippen molar-refractivity contribution in [1.82, 2.24) is 0 Å². The second-order valence-corrected chi connectivity index (χ2v) is 10.4. The fourth-order valence-electron chi connectivity index (χ4n) is 7.38. The summed E-state index contributed by atoms with van der Waals surface area (Å²) in [4.78, 5) is 4.81. The molecule has 0 aliphatic heterocycles. The van der Waals surface area contributed by atoms with E-state index >= 15 is 0 Å². The van der Waals surface area contributed by atoms with Crippen molar-refractivity contribution in [2.75, 3.05) is 14.2 Å². The van der Waals surface area contributed by atoms with E-state index in [9.17, 15) is 0 Å². The summed E-state index contributed by atoms with van der Waals surface area (Å²) in [5, 5.41) is 6.33. The summed E-state index contributed by atoms with van der Waals surface area (Å²) in [5.74, 6) is 3.85. The lowest BCUT2D eigenvalue weighted by atomic mass is 9.48. The van der Waals surface area contributed by atoms with Crippen molar-refractivity contribution in [1.29, 1.82) is 0 Å². The Morgan fingerprint density at radius 1 is 0.781 bits per heavy atom. The predicted octanol–water partition coefficient (Wildman–Crippen LogP) is 6.96. The molecule has 7 rings (SSSR count). The Hall–Kier alpha value is -2.81. The molecule has 0 unspecified atom stereocenters. The van der Waals surface area contributed by atoms with Gasteiger partial charge in [0, 0.05) is 5.56 Å². The highest BCUT2D eigenvalue weighted by molar-refractivity contribution is 5.92. The van der Waals surface area contributed by atoms with Crippen LogP contribution in [0.4, 0.5) is 0 Å². The van der Waals surface area contributed by atoms with Crippen LogP contribution in [0, 0.1) is 17.8 Å². The molecule has 0 heterocycles. The monoisotopic (exact) mass is 425 g/mol. The van der Waals surface area contributed by atoms with Gasteiger partial charge < -0.3 is 9.57 Å². The lowest BCUT2D eigenvalue weighted by Gasteiger charge is -2.57. The van der Waals surface area contributed by atoms with Crippen molar-refractivity contribution in [2.45, 2.75) is 43.9 Å². The van der Waals surface area contributed by atoms with Crippen LogP contribution < -0.4 is 4.74 Å². The molecule has 0 saturated heterocycles. The summed E-state index contributed by atoms with van der Waals surface area (Å²) >= 11 is 0. The van der Waals surface area contributed by atoms with Gasteiger partial charge in [-0.2, -0.15) is 0 Å². The number of fused-ring (bicyclic) bond motifs is 1. The van der Waals surface area contributed by atoms with Crippen molar-refractivity contribution in [3.8, 4) is 16.9 Å². The average molecular weight is 426 g/mol. The molecular weight excluding hydrogens is 394 g/mol. The topological polar surface area (TPSA) is 30.8 Å². The number of benzene rings is 3. The summed E-state index contributed by atoms with van der Waals surface area (Å²) < 4.78 is 5.92. The summed E-state index contributed by atoms with van der Waals surface area (Å²) in [7, 11) is 3.40. The number of ether oxygens (including phenoxy) is 1. The molecule has 0 aromatic heterocycles. The van der Waals surface area contributed by atoms with Crippen molar-refractivity contribution < 1.29 is 9.57 Å². The van der Waals surface area contributed by atoms with E-state index in [2.05, 4.69) is 59.8 Å². The number of rotatable bonds is 5. The van der Waals surface area contributed by atoms with Gasteiger partial charge in [-0.3, -0.25) is 0 Å². The van der Waals surface area contributed by atoms with Crippen LogP contribution >= 0.6 is 0 Å². The Morgan fingerprint density at radius 3 is 2.09 bits per heavy atom. The third kappa shape index (κ3) is 3.30. The quantitative estimate of drug-likeness (QED) is 0.327. The molecule has 32 heavy (non-hydrogen) atoms. The molecule has 0 radical (unpaired) electrons. The van der Waals surface area contributed by atoms with Crippen LogP contribution in [-0.4, -0.2) is 20.4 Å². The Labute approximate surface area is 190 Å². The first kappa shape index (κ1) is 19.8. The largest absolute Gasteiger partial charge is 0.496 e. The third-order valence-corrected chi connectivity index (χ3v) is 8.31. The molecule has 164 valence electrons. The minimum Gasteiger partial charge on any atom is -0.496 e. The highest BCUT2D eigenvalue weighted by Gasteiger charge is 2.52. The zero-order valence-corrected chi connectivity index (χ0v) is 19.0. The smallest absolute Gasteiger partial charge is 0.122 e. The Bertz CT molecular complexity index is 1160. The van der Waals surface area contributed by atoms with Crippen LogP contribution in [0.3, 0.4) is 0 Å². The van der Waals surface area contributed by atoms with Crippen molar-refractivity contribution in [3.63, 3.8) is 0 Å². The normalized spacial score (nSPS) is 28.5. The maximum Gasteiger partial charge on any atom is 0.122 e.